The highest BCUT2D eigenvalue weighted by atomic mass is 31.2. The van der Waals surface area contributed by atoms with Gasteiger partial charge in [-0.2, -0.15) is 0 Å². The molecule has 5 N–H and O–H groups in total. The fourth-order valence-electron chi connectivity index (χ4n) is 4.55. The van der Waals surface area contributed by atoms with E-state index < -0.39 is 20.0 Å². The molecule has 256 valence electrons. The van der Waals surface area contributed by atoms with Crippen molar-refractivity contribution < 1.29 is 28.4 Å². The second kappa shape index (κ2) is 31.4. The number of hydrogen-bond donors (Lipinski definition) is 4. The van der Waals surface area contributed by atoms with E-state index in [4.69, 9.17) is 14.8 Å². The third kappa shape index (κ3) is 29.2. The van der Waals surface area contributed by atoms with Crippen LogP contribution in [0.15, 0.2) is 48.6 Å². The van der Waals surface area contributed by atoms with Gasteiger partial charge in [0.25, 0.3) is 0 Å². The summed E-state index contributed by atoms with van der Waals surface area (Å²) in [5, 5.41) is 13.5. The minimum absolute atomic E-state index is 0.0744. The zero-order chi connectivity index (χ0) is 32.6. The summed E-state index contributed by atoms with van der Waals surface area (Å²) < 4.78 is 21.9. The number of carbonyl (C=O) groups excluding carboxylic acids is 1. The topological polar surface area (TPSA) is 131 Å². The molecule has 9 heteroatoms. The summed E-state index contributed by atoms with van der Waals surface area (Å²) in [7, 11) is -4.33. The van der Waals surface area contributed by atoms with Crippen LogP contribution in [-0.2, 0) is 18.4 Å². The van der Waals surface area contributed by atoms with Crippen molar-refractivity contribution in [2.45, 2.75) is 148 Å². The van der Waals surface area contributed by atoms with Gasteiger partial charge >= 0.3 is 7.82 Å². The quantitative estimate of drug-likeness (QED) is 0.0339. The lowest BCUT2D eigenvalue weighted by atomic mass is 10.1. The van der Waals surface area contributed by atoms with Crippen molar-refractivity contribution >= 4 is 13.7 Å². The van der Waals surface area contributed by atoms with Crippen LogP contribution in [0.3, 0.4) is 0 Å². The first-order chi connectivity index (χ1) is 21.4. The molecule has 0 saturated heterocycles. The molecule has 1 amide bonds. The van der Waals surface area contributed by atoms with E-state index in [2.05, 4.69) is 55.6 Å². The minimum Gasteiger partial charge on any atom is -0.387 e. The van der Waals surface area contributed by atoms with Gasteiger partial charge in [-0.1, -0.05) is 127 Å². The normalized spacial score (nSPS) is 15.1. The lowest BCUT2D eigenvalue weighted by Gasteiger charge is -2.23. The number of aliphatic hydroxyl groups excluding tert-OH is 1. The number of rotatable bonds is 31. The van der Waals surface area contributed by atoms with Crippen molar-refractivity contribution in [1.29, 1.82) is 0 Å². The number of hydrogen-bond acceptors (Lipinski definition) is 6. The maximum atomic E-state index is 12.6. The molecule has 0 bridgehead atoms. The second-order valence-corrected chi connectivity index (χ2v) is 12.8. The molecule has 0 aromatic rings. The van der Waals surface area contributed by atoms with Gasteiger partial charge in [0, 0.05) is 13.0 Å². The largest absolute Gasteiger partial charge is 0.472 e. The van der Waals surface area contributed by atoms with E-state index in [0.717, 1.165) is 70.6 Å². The summed E-state index contributed by atoms with van der Waals surface area (Å²) in [6.45, 7) is 3.94. The van der Waals surface area contributed by atoms with E-state index in [9.17, 15) is 19.4 Å². The molecule has 0 aromatic carbocycles. The zero-order valence-corrected chi connectivity index (χ0v) is 28.8. The Kier molecular flexibility index (Phi) is 30.3. The number of phosphoric ester groups is 1. The fraction of sp³-hybridized carbons (Fsp3) is 0.743. The van der Waals surface area contributed by atoms with Crippen molar-refractivity contribution in [1.82, 2.24) is 5.32 Å². The first-order valence-electron chi connectivity index (χ1n) is 17.3. The molecule has 0 saturated carbocycles. The van der Waals surface area contributed by atoms with E-state index in [1.54, 1.807) is 6.08 Å². The Balaban J connectivity index is 4.29. The second-order valence-electron chi connectivity index (χ2n) is 11.3. The number of allylic oxidation sites excluding steroid dienone is 7. The number of nitrogens with one attached hydrogen (secondary N) is 1. The number of carbonyl (C=O) groups is 1. The Morgan fingerprint density at radius 2 is 1.32 bits per heavy atom. The van der Waals surface area contributed by atoms with Crippen LogP contribution in [0.5, 0.6) is 0 Å². The molecular formula is C35H65N2O6P. The molecule has 0 radical (unpaired) electrons. The van der Waals surface area contributed by atoms with Crippen molar-refractivity contribution in [3.05, 3.63) is 48.6 Å². The summed E-state index contributed by atoms with van der Waals surface area (Å²) in [5.74, 6) is -0.211. The van der Waals surface area contributed by atoms with Crippen LogP contribution >= 0.6 is 7.82 Å². The maximum Gasteiger partial charge on any atom is 0.472 e. The van der Waals surface area contributed by atoms with Gasteiger partial charge in [0.05, 0.1) is 25.4 Å². The predicted molar refractivity (Wildman–Crippen MR) is 184 cm³/mol. The Morgan fingerprint density at radius 1 is 0.773 bits per heavy atom. The lowest BCUT2D eigenvalue weighted by Crippen LogP contribution is -2.45. The zero-order valence-electron chi connectivity index (χ0n) is 27.9. The van der Waals surface area contributed by atoms with Crippen LogP contribution in [-0.4, -0.2) is 47.8 Å². The first-order valence-corrected chi connectivity index (χ1v) is 18.8. The van der Waals surface area contributed by atoms with E-state index in [0.29, 0.717) is 6.42 Å². The van der Waals surface area contributed by atoms with E-state index in [1.165, 1.54) is 44.9 Å². The number of phosphoric acid groups is 1. The fourth-order valence-corrected chi connectivity index (χ4v) is 5.31. The van der Waals surface area contributed by atoms with Gasteiger partial charge in [-0.05, 0) is 51.4 Å². The molecule has 3 atom stereocenters. The van der Waals surface area contributed by atoms with Crippen LogP contribution in [0.2, 0.25) is 0 Å². The molecule has 0 heterocycles. The third-order valence-corrected chi connectivity index (χ3v) is 8.14. The number of amides is 1. The van der Waals surface area contributed by atoms with Crippen LogP contribution < -0.4 is 11.1 Å². The van der Waals surface area contributed by atoms with Crippen molar-refractivity contribution in [3.8, 4) is 0 Å². The molecule has 0 fully saturated rings. The van der Waals surface area contributed by atoms with Crippen LogP contribution in [0.4, 0.5) is 0 Å². The Labute approximate surface area is 269 Å². The van der Waals surface area contributed by atoms with Crippen molar-refractivity contribution in [3.63, 3.8) is 0 Å². The van der Waals surface area contributed by atoms with Gasteiger partial charge in [-0.15, -0.1) is 0 Å². The SMILES string of the molecule is CC/C=C\C/C=C\C/C=C\CCCCCCCCCC(=O)NC(COP(=O)(O)OCCN)C(O)/C=C/CCCCCCCC. The van der Waals surface area contributed by atoms with Crippen LogP contribution in [0, 0.1) is 0 Å². The molecule has 0 spiro atoms. The lowest BCUT2D eigenvalue weighted by molar-refractivity contribution is -0.123. The molecule has 3 unspecified atom stereocenters. The van der Waals surface area contributed by atoms with Gasteiger partial charge < -0.3 is 21.1 Å². The highest BCUT2D eigenvalue weighted by molar-refractivity contribution is 7.47. The molecule has 44 heavy (non-hydrogen) atoms. The number of unbranched alkanes of at least 4 members (excludes halogenated alkanes) is 13. The monoisotopic (exact) mass is 640 g/mol. The van der Waals surface area contributed by atoms with Gasteiger partial charge in [-0.25, -0.2) is 4.57 Å². The molecule has 8 nitrogen and oxygen atoms in total. The van der Waals surface area contributed by atoms with E-state index >= 15 is 0 Å². The Bertz CT molecular complexity index is 830. The Morgan fingerprint density at radius 3 is 1.93 bits per heavy atom. The summed E-state index contributed by atoms with van der Waals surface area (Å²) in [6.07, 6.45) is 35.9. The summed E-state index contributed by atoms with van der Waals surface area (Å²) in [5.41, 5.74) is 5.33. The molecular weight excluding hydrogens is 575 g/mol. The predicted octanol–water partition coefficient (Wildman–Crippen LogP) is 8.60. The van der Waals surface area contributed by atoms with E-state index in [-0.39, 0.29) is 25.7 Å². The van der Waals surface area contributed by atoms with Gasteiger partial charge in [0.2, 0.25) is 5.91 Å². The summed E-state index contributed by atoms with van der Waals surface area (Å²) >= 11 is 0. The Hall–Kier alpha value is -1.54. The average molecular weight is 641 g/mol. The maximum absolute atomic E-state index is 12.6. The van der Waals surface area contributed by atoms with Crippen molar-refractivity contribution in [2.75, 3.05) is 19.8 Å². The standard InChI is InChI=1S/C35H65N2O6P/c1-3-5-7-9-11-13-14-15-16-17-18-19-20-21-23-25-27-29-35(39)37-33(32-43-44(40,41)42-31-30-36)34(38)28-26-24-22-12-10-8-6-4-2/h5,7,11,13,15-16,26,28,33-34,38H,3-4,6,8-10,12,14,17-25,27,29-32,36H2,1-2H3,(H,37,39)(H,40,41)/b7-5-,13-11-,16-15-,28-26+. The highest BCUT2D eigenvalue weighted by Gasteiger charge is 2.26. The van der Waals surface area contributed by atoms with Gasteiger partial charge in [-0.3, -0.25) is 13.8 Å². The third-order valence-electron chi connectivity index (χ3n) is 7.16. The summed E-state index contributed by atoms with van der Waals surface area (Å²) in [4.78, 5) is 22.5. The van der Waals surface area contributed by atoms with Crippen LogP contribution in [0.25, 0.3) is 0 Å². The summed E-state index contributed by atoms with van der Waals surface area (Å²) in [6, 6.07) is -0.863. The molecule has 0 aliphatic heterocycles. The molecule has 0 rings (SSSR count). The minimum atomic E-state index is -4.33. The van der Waals surface area contributed by atoms with Crippen molar-refractivity contribution in [2.24, 2.45) is 5.73 Å². The molecule has 0 aliphatic carbocycles. The smallest absolute Gasteiger partial charge is 0.387 e. The number of nitrogens with two attached hydrogens (primary N) is 1. The molecule has 0 aliphatic rings. The molecule has 0 aromatic heterocycles. The number of aliphatic hydroxyl groups is 1. The average Bonchev–Trinajstić information content (AvgIpc) is 3.01. The first kappa shape index (κ1) is 42.5. The highest BCUT2D eigenvalue weighted by Crippen LogP contribution is 2.43. The van der Waals surface area contributed by atoms with Gasteiger partial charge in [0.1, 0.15) is 0 Å². The van der Waals surface area contributed by atoms with Crippen LogP contribution in [0.1, 0.15) is 136 Å². The van der Waals surface area contributed by atoms with Gasteiger partial charge in [0.15, 0.2) is 0 Å². The van der Waals surface area contributed by atoms with E-state index in [1.807, 2.05) is 6.08 Å².